The highest BCUT2D eigenvalue weighted by Gasteiger charge is 2.12. The predicted molar refractivity (Wildman–Crippen MR) is 196 cm³/mol. The molecule has 3 nitrogen and oxygen atoms in total. The molecule has 3 aromatic heterocycles. The Bertz CT molecular complexity index is 1920. The Morgan fingerprint density at radius 3 is 0.800 bits per heavy atom. The normalized spacial score (nSPS) is 11.0. The first-order valence-corrected chi connectivity index (χ1v) is 16.7. The van der Waals surface area contributed by atoms with Gasteiger partial charge in [0.15, 0.2) is 0 Å². The summed E-state index contributed by atoms with van der Waals surface area (Å²) < 4.78 is 2.44. The molecule has 0 aliphatic rings. The van der Waals surface area contributed by atoms with E-state index in [4.69, 9.17) is 15.0 Å². The summed E-state index contributed by atoms with van der Waals surface area (Å²) in [7, 11) is 0. The Labute approximate surface area is 287 Å². The first-order chi connectivity index (χ1) is 22.0. The van der Waals surface area contributed by atoms with Crippen LogP contribution in [-0.2, 0) is 0 Å². The lowest BCUT2D eigenvalue weighted by Crippen LogP contribution is -1.90. The Morgan fingerprint density at radius 1 is 0.267 bits per heavy atom. The van der Waals surface area contributed by atoms with Crippen LogP contribution >= 0.6 is 47.8 Å². The van der Waals surface area contributed by atoms with Crippen molar-refractivity contribution in [3.8, 4) is 67.2 Å². The molecule has 0 aliphatic heterocycles. The van der Waals surface area contributed by atoms with E-state index < -0.39 is 0 Å². The second-order valence-corrected chi connectivity index (χ2v) is 13.0. The fourth-order valence-electron chi connectivity index (χ4n) is 5.41. The van der Waals surface area contributed by atoms with Crippen LogP contribution in [0.5, 0.6) is 0 Å². The van der Waals surface area contributed by atoms with Crippen molar-refractivity contribution in [2.24, 2.45) is 0 Å². The Balaban J connectivity index is 1.38. The Kier molecular flexibility index (Phi) is 8.53. The average molecular weight is 774 g/mol. The fourth-order valence-corrected chi connectivity index (χ4v) is 6.44. The smallest absolute Gasteiger partial charge is 0.106 e. The molecule has 0 fully saturated rings. The second-order valence-electron chi connectivity index (χ2n) is 10.6. The van der Waals surface area contributed by atoms with Gasteiger partial charge in [-0.3, -0.25) is 0 Å². The highest BCUT2D eigenvalue weighted by Crippen LogP contribution is 2.36. The maximum atomic E-state index is 4.70. The predicted octanol–water partition coefficient (Wildman–Crippen LogP) is 12.2. The van der Waals surface area contributed by atoms with E-state index in [1.54, 1.807) is 0 Å². The molecule has 0 atom stereocenters. The number of aromatic nitrogens is 3. The summed E-state index contributed by atoms with van der Waals surface area (Å²) in [4.78, 5) is 14.1. The lowest BCUT2D eigenvalue weighted by atomic mass is 9.91. The lowest BCUT2D eigenvalue weighted by Gasteiger charge is -2.14. The number of pyridine rings is 3. The average Bonchev–Trinajstić information content (AvgIpc) is 3.08. The number of hydrogen-bond acceptors (Lipinski definition) is 3. The van der Waals surface area contributed by atoms with E-state index >= 15 is 0 Å². The van der Waals surface area contributed by atoms with Crippen LogP contribution in [0.1, 0.15) is 0 Å². The van der Waals surface area contributed by atoms with Crippen LogP contribution < -0.4 is 0 Å². The highest BCUT2D eigenvalue weighted by molar-refractivity contribution is 9.11. The SMILES string of the molecule is Brc1cccc(-c2cccc(-c3cc(-c4cccc(-c5cccc(Br)n5)c4)cc(-c4cccc(-c5cccc(Br)n5)c4)c3)c2)n1. The number of nitrogens with zero attached hydrogens (tertiary/aromatic N) is 3. The molecule has 0 spiro atoms. The van der Waals surface area contributed by atoms with Crippen LogP contribution in [0.3, 0.4) is 0 Å². The van der Waals surface area contributed by atoms with Crippen LogP contribution in [0.15, 0.2) is 159 Å². The molecule has 0 bridgehead atoms. The maximum absolute atomic E-state index is 4.70. The molecule has 6 heteroatoms. The monoisotopic (exact) mass is 771 g/mol. The van der Waals surface area contributed by atoms with Gasteiger partial charge in [-0.05, 0) is 154 Å². The number of halogens is 3. The second kappa shape index (κ2) is 13.0. The zero-order valence-corrected chi connectivity index (χ0v) is 28.6. The molecule has 4 aromatic carbocycles. The summed E-state index contributed by atoms with van der Waals surface area (Å²) >= 11 is 10.6. The van der Waals surface area contributed by atoms with E-state index in [2.05, 4.69) is 139 Å². The van der Waals surface area contributed by atoms with Crippen molar-refractivity contribution in [3.63, 3.8) is 0 Å². The van der Waals surface area contributed by atoms with Crippen molar-refractivity contribution in [3.05, 3.63) is 159 Å². The molecule has 0 N–H and O–H groups in total. The van der Waals surface area contributed by atoms with Gasteiger partial charge in [-0.2, -0.15) is 0 Å². The summed E-state index contributed by atoms with van der Waals surface area (Å²) in [5, 5.41) is 0. The summed E-state index contributed by atoms with van der Waals surface area (Å²) in [6, 6.07) is 50.5. The van der Waals surface area contributed by atoms with Crippen molar-refractivity contribution >= 4 is 47.8 Å². The van der Waals surface area contributed by atoms with Crippen molar-refractivity contribution in [2.45, 2.75) is 0 Å². The van der Waals surface area contributed by atoms with Crippen LogP contribution in [-0.4, -0.2) is 15.0 Å². The van der Waals surface area contributed by atoms with E-state index in [0.717, 1.165) is 81.0 Å². The molecular formula is C39H24Br3N3. The van der Waals surface area contributed by atoms with Gasteiger partial charge in [-0.25, -0.2) is 15.0 Å². The standard InChI is InChI=1S/C39H24Br3N3/c40-37-16-4-13-34(43-37)28-10-1-7-25(19-28)31-22-32(26-8-2-11-29(20-26)35-14-5-17-38(41)44-35)24-33(23-31)27-9-3-12-30(21-27)36-15-6-18-39(42)45-36/h1-24H. The topological polar surface area (TPSA) is 38.7 Å². The molecule has 7 aromatic rings. The van der Waals surface area contributed by atoms with Gasteiger partial charge < -0.3 is 0 Å². The first kappa shape index (κ1) is 29.5. The molecule has 0 saturated carbocycles. The summed E-state index contributed by atoms with van der Waals surface area (Å²) in [6.45, 7) is 0. The molecule has 0 unspecified atom stereocenters. The number of benzene rings is 4. The first-order valence-electron chi connectivity index (χ1n) is 14.3. The zero-order valence-electron chi connectivity index (χ0n) is 23.8. The number of rotatable bonds is 6. The van der Waals surface area contributed by atoms with Crippen molar-refractivity contribution < 1.29 is 0 Å². The summed E-state index contributed by atoms with van der Waals surface area (Å²) in [6.07, 6.45) is 0. The highest BCUT2D eigenvalue weighted by atomic mass is 79.9. The number of hydrogen-bond donors (Lipinski definition) is 0. The molecule has 216 valence electrons. The zero-order chi connectivity index (χ0) is 30.8. The van der Waals surface area contributed by atoms with Crippen molar-refractivity contribution in [1.82, 2.24) is 15.0 Å². The molecule has 0 amide bonds. The molecule has 7 rings (SSSR count). The van der Waals surface area contributed by atoms with E-state index in [9.17, 15) is 0 Å². The van der Waals surface area contributed by atoms with Crippen LogP contribution in [0, 0.1) is 0 Å². The van der Waals surface area contributed by atoms with E-state index in [1.165, 1.54) is 0 Å². The molecule has 45 heavy (non-hydrogen) atoms. The van der Waals surface area contributed by atoms with Gasteiger partial charge in [0.1, 0.15) is 13.8 Å². The summed E-state index contributed by atoms with van der Waals surface area (Å²) in [5.41, 5.74) is 12.7. The molecule has 0 saturated heterocycles. The largest absolute Gasteiger partial charge is 0.241 e. The molecular weight excluding hydrogens is 750 g/mol. The third kappa shape index (κ3) is 6.74. The van der Waals surface area contributed by atoms with E-state index in [0.29, 0.717) is 0 Å². The van der Waals surface area contributed by atoms with Gasteiger partial charge in [-0.1, -0.05) is 72.8 Å². The van der Waals surface area contributed by atoms with E-state index in [-0.39, 0.29) is 0 Å². The lowest BCUT2D eigenvalue weighted by molar-refractivity contribution is 1.28. The Morgan fingerprint density at radius 2 is 0.511 bits per heavy atom. The van der Waals surface area contributed by atoms with Crippen molar-refractivity contribution in [1.29, 1.82) is 0 Å². The van der Waals surface area contributed by atoms with Gasteiger partial charge >= 0.3 is 0 Å². The minimum Gasteiger partial charge on any atom is -0.241 e. The Hall–Kier alpha value is -4.23. The van der Waals surface area contributed by atoms with Gasteiger partial charge in [0.05, 0.1) is 17.1 Å². The minimum atomic E-state index is 0.814. The third-order valence-electron chi connectivity index (χ3n) is 7.55. The van der Waals surface area contributed by atoms with Crippen LogP contribution in [0.2, 0.25) is 0 Å². The third-order valence-corrected chi connectivity index (χ3v) is 8.88. The molecule has 0 radical (unpaired) electrons. The fraction of sp³-hybridized carbons (Fsp3) is 0. The van der Waals surface area contributed by atoms with Gasteiger partial charge in [0.25, 0.3) is 0 Å². The van der Waals surface area contributed by atoms with Gasteiger partial charge in [0, 0.05) is 16.7 Å². The molecule has 0 aliphatic carbocycles. The minimum absolute atomic E-state index is 0.814. The van der Waals surface area contributed by atoms with E-state index in [1.807, 2.05) is 54.6 Å². The van der Waals surface area contributed by atoms with Crippen molar-refractivity contribution in [2.75, 3.05) is 0 Å². The van der Waals surface area contributed by atoms with Gasteiger partial charge in [0.2, 0.25) is 0 Å². The van der Waals surface area contributed by atoms with Gasteiger partial charge in [-0.15, -0.1) is 0 Å². The van der Waals surface area contributed by atoms with Crippen LogP contribution in [0.25, 0.3) is 67.2 Å². The molecule has 3 heterocycles. The maximum Gasteiger partial charge on any atom is 0.106 e. The quantitative estimate of drug-likeness (QED) is 0.158. The summed E-state index contributed by atoms with van der Waals surface area (Å²) in [5.74, 6) is 0. The van der Waals surface area contributed by atoms with Crippen LogP contribution in [0.4, 0.5) is 0 Å².